The quantitative estimate of drug-likeness (QED) is 0.204. The van der Waals surface area contributed by atoms with Crippen LogP contribution >= 0.6 is 0 Å². The molecule has 4 unspecified atom stereocenters. The molecule has 0 saturated carbocycles. The lowest BCUT2D eigenvalue weighted by atomic mass is 9.84. The minimum absolute atomic E-state index is 0.0785. The van der Waals surface area contributed by atoms with Gasteiger partial charge in [0.1, 0.15) is 34.7 Å². The summed E-state index contributed by atoms with van der Waals surface area (Å²) in [6.45, 7) is 11.7. The number of aliphatic hydroxyl groups is 1. The van der Waals surface area contributed by atoms with Crippen LogP contribution in [0.15, 0.2) is 66.7 Å². The maximum atomic E-state index is 15.5. The Morgan fingerprint density at radius 3 is 1.96 bits per heavy atom. The number of hydrogen-bond donors (Lipinski definition) is 3. The number of rotatable bonds is 10. The smallest absolute Gasteiger partial charge is 0.410 e. The number of halogens is 3. The predicted molar refractivity (Wildman–Crippen MR) is 189 cm³/mol. The fourth-order valence-corrected chi connectivity index (χ4v) is 6.08. The molecular weight excluding hydrogens is 679 g/mol. The van der Waals surface area contributed by atoms with Crippen molar-refractivity contribution in [1.82, 2.24) is 10.2 Å². The molecule has 1 aliphatic rings. The summed E-state index contributed by atoms with van der Waals surface area (Å²) < 4.78 is 60.7. The Morgan fingerprint density at radius 2 is 1.44 bits per heavy atom. The topological polar surface area (TPSA) is 126 Å². The molecule has 0 bridgehead atoms. The van der Waals surface area contributed by atoms with Gasteiger partial charge in [-0.25, -0.2) is 22.8 Å². The van der Waals surface area contributed by atoms with Crippen molar-refractivity contribution in [2.45, 2.75) is 103 Å². The second kappa shape index (κ2) is 16.8. The fourth-order valence-electron chi connectivity index (χ4n) is 6.08. The summed E-state index contributed by atoms with van der Waals surface area (Å²) in [6.07, 6.45) is -2.32. The van der Waals surface area contributed by atoms with E-state index in [-0.39, 0.29) is 37.2 Å². The van der Waals surface area contributed by atoms with Crippen LogP contribution in [0.2, 0.25) is 0 Å². The van der Waals surface area contributed by atoms with Crippen molar-refractivity contribution in [2.75, 3.05) is 18.5 Å². The Hall–Kier alpha value is -4.62. The van der Waals surface area contributed by atoms with E-state index in [9.17, 15) is 28.3 Å². The Morgan fingerprint density at radius 1 is 0.885 bits per heavy atom. The van der Waals surface area contributed by atoms with Crippen LogP contribution in [0.3, 0.4) is 0 Å². The molecular formula is C39H48F3N3O7. The Kier molecular flexibility index (Phi) is 13.0. The third-order valence-corrected chi connectivity index (χ3v) is 8.40. The molecule has 3 aromatic carbocycles. The maximum Gasteiger partial charge on any atom is 0.410 e. The predicted octanol–water partition coefficient (Wildman–Crippen LogP) is 7.09. The van der Waals surface area contributed by atoms with Gasteiger partial charge in [0.2, 0.25) is 5.91 Å². The Labute approximate surface area is 302 Å². The van der Waals surface area contributed by atoms with Crippen molar-refractivity contribution >= 4 is 23.8 Å². The molecule has 10 nitrogen and oxygen atoms in total. The third-order valence-electron chi connectivity index (χ3n) is 8.40. The van der Waals surface area contributed by atoms with Crippen LogP contribution < -0.4 is 10.6 Å². The third kappa shape index (κ3) is 10.9. The standard InChI is InChI=1S/C39H48F3N3O7/c1-23-32(22-46)45(37(49)52-39(5,6)7)21-28(50-23)19-20-29-30(42)9-8-10-31(29)43-35(47)34(44-36(48)51-38(2,3)4)33(24-11-15-26(40)16-12-24)25-13-17-27(41)18-14-25/h8-18,23,28,32-34,46H,19-22H2,1-7H3,(H,43,47)(H,44,48). The van der Waals surface area contributed by atoms with Gasteiger partial charge in [0.25, 0.3) is 0 Å². The second-order valence-electron chi connectivity index (χ2n) is 14.8. The molecule has 0 aliphatic carbocycles. The van der Waals surface area contributed by atoms with Gasteiger partial charge in [0.05, 0.1) is 31.4 Å². The number of hydrogen-bond acceptors (Lipinski definition) is 7. The summed E-state index contributed by atoms with van der Waals surface area (Å²) in [5.41, 5.74) is -0.546. The van der Waals surface area contributed by atoms with Crippen molar-refractivity contribution in [2.24, 2.45) is 0 Å². The summed E-state index contributed by atoms with van der Waals surface area (Å²) in [6, 6.07) is 12.8. The first-order valence-electron chi connectivity index (χ1n) is 17.2. The lowest BCUT2D eigenvalue weighted by Gasteiger charge is -2.43. The van der Waals surface area contributed by atoms with Gasteiger partial charge in [-0.2, -0.15) is 0 Å². The number of carbonyl (C=O) groups excluding carboxylic acids is 3. The zero-order valence-electron chi connectivity index (χ0n) is 30.5. The second-order valence-corrected chi connectivity index (χ2v) is 14.8. The highest BCUT2D eigenvalue weighted by molar-refractivity contribution is 5.98. The molecule has 1 heterocycles. The molecule has 1 fully saturated rings. The number of nitrogens with one attached hydrogen (secondary N) is 2. The van der Waals surface area contributed by atoms with Gasteiger partial charge >= 0.3 is 12.2 Å². The zero-order valence-corrected chi connectivity index (χ0v) is 30.5. The first-order chi connectivity index (χ1) is 24.3. The minimum Gasteiger partial charge on any atom is -0.444 e. The van der Waals surface area contributed by atoms with Gasteiger partial charge in [-0.1, -0.05) is 30.3 Å². The average molecular weight is 728 g/mol. The van der Waals surface area contributed by atoms with Gasteiger partial charge in [-0.05, 0) is 109 Å². The monoisotopic (exact) mass is 727 g/mol. The van der Waals surface area contributed by atoms with Gasteiger partial charge < -0.3 is 30.0 Å². The zero-order chi connectivity index (χ0) is 38.4. The van der Waals surface area contributed by atoms with E-state index in [1.165, 1.54) is 71.6 Å². The highest BCUT2D eigenvalue weighted by atomic mass is 19.1. The van der Waals surface area contributed by atoms with Crippen LogP contribution in [0.1, 0.15) is 77.5 Å². The van der Waals surface area contributed by atoms with Crippen LogP contribution in [-0.4, -0.2) is 76.7 Å². The van der Waals surface area contributed by atoms with E-state index >= 15 is 4.39 Å². The molecule has 3 N–H and O–H groups in total. The molecule has 52 heavy (non-hydrogen) atoms. The van der Waals surface area contributed by atoms with Crippen LogP contribution in [0, 0.1) is 17.5 Å². The van der Waals surface area contributed by atoms with E-state index in [0.717, 1.165) is 0 Å². The number of nitrogens with zero attached hydrogens (tertiary/aromatic N) is 1. The number of alkyl carbamates (subject to hydrolysis) is 1. The Balaban J connectivity index is 1.64. The molecule has 0 radical (unpaired) electrons. The molecule has 1 aliphatic heterocycles. The number of carbonyl (C=O) groups is 3. The van der Waals surface area contributed by atoms with Crippen LogP contribution in [0.5, 0.6) is 0 Å². The van der Waals surface area contributed by atoms with Crippen LogP contribution in [0.4, 0.5) is 28.4 Å². The molecule has 4 atom stereocenters. The summed E-state index contributed by atoms with van der Waals surface area (Å²) in [4.78, 5) is 41.9. The van der Waals surface area contributed by atoms with Crippen LogP contribution in [-0.2, 0) is 25.4 Å². The van der Waals surface area contributed by atoms with Crippen molar-refractivity contribution in [3.05, 3.63) is 101 Å². The summed E-state index contributed by atoms with van der Waals surface area (Å²) in [7, 11) is 0. The molecule has 282 valence electrons. The Bertz CT molecular complexity index is 1650. The van der Waals surface area contributed by atoms with Gasteiger partial charge in [0.15, 0.2) is 0 Å². The minimum atomic E-state index is -1.40. The van der Waals surface area contributed by atoms with Crippen LogP contribution in [0.25, 0.3) is 0 Å². The highest BCUT2D eigenvalue weighted by Gasteiger charge is 2.39. The van der Waals surface area contributed by atoms with Crippen molar-refractivity contribution in [3.63, 3.8) is 0 Å². The molecule has 0 aromatic heterocycles. The molecule has 13 heteroatoms. The first kappa shape index (κ1) is 40.2. The normalized spacial score (nSPS) is 18.5. The lowest BCUT2D eigenvalue weighted by Crippen LogP contribution is -2.58. The molecule has 3 amide bonds. The summed E-state index contributed by atoms with van der Waals surface area (Å²) >= 11 is 0. The first-order valence-corrected chi connectivity index (χ1v) is 17.2. The number of morpholine rings is 1. The summed E-state index contributed by atoms with van der Waals surface area (Å²) in [5, 5.41) is 15.4. The number of aliphatic hydroxyl groups excluding tert-OH is 1. The summed E-state index contributed by atoms with van der Waals surface area (Å²) in [5.74, 6) is -3.36. The van der Waals surface area contributed by atoms with Gasteiger partial charge in [-0.3, -0.25) is 9.69 Å². The van der Waals surface area contributed by atoms with Crippen molar-refractivity contribution in [3.8, 4) is 0 Å². The van der Waals surface area contributed by atoms with E-state index in [2.05, 4.69) is 10.6 Å². The van der Waals surface area contributed by atoms with Crippen molar-refractivity contribution in [1.29, 1.82) is 0 Å². The molecule has 3 aromatic rings. The van der Waals surface area contributed by atoms with Gasteiger partial charge in [0, 0.05) is 17.2 Å². The average Bonchev–Trinajstić information content (AvgIpc) is 3.04. The molecule has 0 spiro atoms. The van der Waals surface area contributed by atoms with E-state index in [1.807, 2.05) is 0 Å². The van der Waals surface area contributed by atoms with E-state index < -0.39 is 77.0 Å². The van der Waals surface area contributed by atoms with E-state index in [1.54, 1.807) is 48.5 Å². The largest absolute Gasteiger partial charge is 0.444 e. The fraction of sp³-hybridized carbons (Fsp3) is 0.462. The SMILES string of the molecule is CC1OC(CCc2c(F)cccc2NC(=O)C(NC(=O)OC(C)(C)C)C(c2ccc(F)cc2)c2ccc(F)cc2)CN(C(=O)OC(C)(C)C)C1CO. The number of ether oxygens (including phenoxy) is 3. The number of anilines is 1. The highest BCUT2D eigenvalue weighted by Crippen LogP contribution is 2.32. The van der Waals surface area contributed by atoms with Gasteiger partial charge in [-0.15, -0.1) is 0 Å². The van der Waals surface area contributed by atoms with E-state index in [0.29, 0.717) is 11.1 Å². The molecule has 1 saturated heterocycles. The number of benzene rings is 3. The van der Waals surface area contributed by atoms with Crippen molar-refractivity contribution < 1.29 is 46.9 Å². The lowest BCUT2D eigenvalue weighted by molar-refractivity contribution is -0.122. The molecule has 4 rings (SSSR count). The maximum absolute atomic E-state index is 15.5. The number of amides is 3. The van der Waals surface area contributed by atoms with E-state index in [4.69, 9.17) is 14.2 Å².